The van der Waals surface area contributed by atoms with Gasteiger partial charge in [0.25, 0.3) is 5.69 Å². The van der Waals surface area contributed by atoms with Crippen LogP contribution in [0.2, 0.25) is 5.02 Å². The average Bonchev–Trinajstić information content (AvgIpc) is 3.90. The van der Waals surface area contributed by atoms with Crippen LogP contribution in [0.25, 0.3) is 22.4 Å². The Morgan fingerprint density at radius 2 is 1.49 bits per heavy atom. The van der Waals surface area contributed by atoms with Gasteiger partial charge >= 0.3 is 11.9 Å². The molecular weight excluding hydrogens is 997 g/mol. The molecule has 15 nitrogen and oxygen atoms in total. The van der Waals surface area contributed by atoms with E-state index in [0.717, 1.165) is 56.6 Å². The first kappa shape index (κ1) is 52.7. The Kier molecular flexibility index (Phi) is 16.2. The highest BCUT2D eigenvalue weighted by Gasteiger charge is 2.47. The van der Waals surface area contributed by atoms with Gasteiger partial charge in [0.05, 0.1) is 27.8 Å². The van der Waals surface area contributed by atoms with Crippen LogP contribution in [0.15, 0.2) is 126 Å². The summed E-state index contributed by atoms with van der Waals surface area (Å²) in [7, 11) is -3.77. The number of hydrogen-bond donors (Lipinski definition) is 4. The Hall–Kier alpha value is -6.13. The van der Waals surface area contributed by atoms with Crippen LogP contribution >= 0.6 is 30.7 Å². The van der Waals surface area contributed by atoms with Gasteiger partial charge in [0.2, 0.25) is 7.29 Å². The van der Waals surface area contributed by atoms with Crippen LogP contribution in [-0.4, -0.2) is 111 Å². The predicted molar refractivity (Wildman–Crippen MR) is 295 cm³/mol. The van der Waals surface area contributed by atoms with Crippen molar-refractivity contribution in [3.05, 3.63) is 153 Å². The van der Waals surface area contributed by atoms with Crippen molar-refractivity contribution in [1.29, 1.82) is 0 Å². The van der Waals surface area contributed by atoms with Crippen LogP contribution in [0.4, 0.5) is 22.7 Å². The van der Waals surface area contributed by atoms with Gasteiger partial charge in [0.1, 0.15) is 5.69 Å². The Morgan fingerprint density at radius 3 is 2.12 bits per heavy atom. The minimum absolute atomic E-state index is 0.00458. The van der Waals surface area contributed by atoms with Gasteiger partial charge in [0.15, 0.2) is 0 Å². The molecule has 388 valence electrons. The number of carbonyl (C=O) groups is 2. The number of nitrogens with one attached hydrogen (secondary N) is 1. The molecule has 0 saturated carbocycles. The van der Waals surface area contributed by atoms with Crippen molar-refractivity contribution in [3.63, 3.8) is 0 Å². The molecule has 3 aliphatic heterocycles. The van der Waals surface area contributed by atoms with Crippen molar-refractivity contribution in [2.24, 2.45) is 5.92 Å². The fourth-order valence-electron chi connectivity index (χ4n) is 11.0. The number of piperazine rings is 1. The van der Waals surface area contributed by atoms with Gasteiger partial charge in [-0.2, -0.15) is 0 Å². The molecule has 9 rings (SSSR count). The summed E-state index contributed by atoms with van der Waals surface area (Å²) in [5, 5.41) is 48.4. The van der Waals surface area contributed by atoms with Crippen molar-refractivity contribution in [2.45, 2.75) is 69.1 Å². The first-order valence-electron chi connectivity index (χ1n) is 25.3. The zero-order valence-electron chi connectivity index (χ0n) is 41.8. The molecule has 3 saturated heterocycles. The lowest BCUT2D eigenvalue weighted by molar-refractivity contribution is -0.383. The van der Waals surface area contributed by atoms with E-state index in [-0.39, 0.29) is 41.1 Å². The molecule has 4 heterocycles. The van der Waals surface area contributed by atoms with E-state index in [2.05, 4.69) is 50.6 Å². The van der Waals surface area contributed by atoms with Crippen LogP contribution in [0.1, 0.15) is 72.8 Å². The SMILES string of the molecule is Cc1c(C(=O)O)c(-c2cccc(N3CCN(c4ccc([C@H]5CCN(O)P5(=O)c5ccc(N[C@@H](CCN6CCC(C(=O)O)CC6)CSc6ccccc6)c([N+](=O)[O-])c5)cc4)CC3)c2)c(-c2ccc(Cl)cc2)n1C(C)C. The van der Waals surface area contributed by atoms with E-state index in [4.69, 9.17) is 11.6 Å². The number of carboxylic acid groups (broad SMARTS) is 2. The van der Waals surface area contributed by atoms with E-state index in [9.17, 15) is 35.1 Å². The van der Waals surface area contributed by atoms with Gasteiger partial charge in [-0.1, -0.05) is 66.2 Å². The third kappa shape index (κ3) is 11.1. The fraction of sp³-hybridized carbons (Fsp3) is 0.357. The number of aromatic carboxylic acids is 1. The molecule has 0 bridgehead atoms. The third-order valence-electron chi connectivity index (χ3n) is 14.9. The van der Waals surface area contributed by atoms with Crippen LogP contribution in [0.5, 0.6) is 0 Å². The summed E-state index contributed by atoms with van der Waals surface area (Å²) in [5.41, 5.74) is 6.44. The standard InChI is InChI=1S/C56H63ClN7O8PS/c1-37(2)63-38(3)52(56(67)68)53(54(63)40-12-16-43(57)17-13-40)42-8-7-9-46(34-42)61-32-30-60(31-33-61)45-18-14-39(15-19-45)51-25-29-62(69)73(51,72)47-20-21-49(50(35-47)64(70)71)58-44(36-74-48-10-5-4-6-11-48)24-28-59-26-22-41(23-27-59)55(65)66/h4-21,34-35,37,41,44,51,58,69H,22-33,36H2,1-3H3,(H,65,66)(H,67,68)/t44-,51+,73?/m0/s1. The summed E-state index contributed by atoms with van der Waals surface area (Å²) >= 11 is 7.93. The first-order chi connectivity index (χ1) is 35.6. The number of nitro groups is 1. The van der Waals surface area contributed by atoms with E-state index in [1.54, 1.807) is 23.9 Å². The highest BCUT2D eigenvalue weighted by atomic mass is 35.5. The second-order valence-electron chi connectivity index (χ2n) is 19.8. The minimum atomic E-state index is -3.77. The summed E-state index contributed by atoms with van der Waals surface area (Å²) < 4.78 is 17.3. The van der Waals surface area contributed by atoms with E-state index < -0.39 is 29.8 Å². The average molecular weight is 1060 g/mol. The van der Waals surface area contributed by atoms with Gasteiger partial charge in [-0.05, 0) is 137 Å². The molecule has 1 unspecified atom stereocenters. The maximum atomic E-state index is 15.2. The van der Waals surface area contributed by atoms with Crippen molar-refractivity contribution in [1.82, 2.24) is 14.3 Å². The van der Waals surface area contributed by atoms with Crippen LogP contribution < -0.4 is 20.4 Å². The van der Waals surface area contributed by atoms with Crippen LogP contribution in [-0.2, 0) is 9.36 Å². The first-order valence-corrected chi connectivity index (χ1v) is 28.4. The number of piperidine rings is 1. The molecule has 0 spiro atoms. The zero-order valence-corrected chi connectivity index (χ0v) is 44.3. The predicted octanol–water partition coefficient (Wildman–Crippen LogP) is 11.8. The van der Waals surface area contributed by atoms with Crippen LogP contribution in [0.3, 0.4) is 0 Å². The van der Waals surface area contributed by atoms with Gasteiger partial charge in [-0.25, -0.2) is 4.79 Å². The lowest BCUT2D eigenvalue weighted by atomic mass is 9.96. The maximum Gasteiger partial charge on any atom is 0.338 e. The van der Waals surface area contributed by atoms with Gasteiger partial charge in [-0.3, -0.25) is 19.5 Å². The molecule has 4 N–H and O–H groups in total. The van der Waals surface area contributed by atoms with E-state index in [1.807, 2.05) is 97.9 Å². The molecule has 1 aromatic heterocycles. The summed E-state index contributed by atoms with van der Waals surface area (Å²) in [6.45, 7) is 11.1. The van der Waals surface area contributed by atoms with Crippen LogP contribution in [0, 0.1) is 23.0 Å². The number of anilines is 3. The number of hydroxylamine groups is 1. The fourth-order valence-corrected chi connectivity index (χ4v) is 15.2. The lowest BCUT2D eigenvalue weighted by Crippen LogP contribution is -2.46. The topological polar surface area (TPSA) is 185 Å². The van der Waals surface area contributed by atoms with Crippen molar-refractivity contribution < 1.29 is 34.5 Å². The molecule has 3 atom stereocenters. The van der Waals surface area contributed by atoms with Crippen molar-refractivity contribution in [2.75, 3.05) is 73.2 Å². The summed E-state index contributed by atoms with van der Waals surface area (Å²) in [6, 6.07) is 37.9. The Labute approximate surface area is 441 Å². The highest BCUT2D eigenvalue weighted by Crippen LogP contribution is 2.66. The summed E-state index contributed by atoms with van der Waals surface area (Å²) in [4.78, 5) is 45.6. The Morgan fingerprint density at radius 1 is 0.811 bits per heavy atom. The molecule has 3 aliphatic rings. The quantitative estimate of drug-likeness (QED) is 0.0276. The number of nitrogens with zero attached hydrogens (tertiary/aromatic N) is 6. The number of aliphatic carboxylic acids is 1. The number of nitro benzene ring substituents is 1. The summed E-state index contributed by atoms with van der Waals surface area (Å²) in [6.07, 6.45) is 2.24. The monoisotopic (exact) mass is 1060 g/mol. The molecule has 6 aromatic rings. The number of likely N-dealkylation sites (tertiary alicyclic amines) is 1. The van der Waals surface area contributed by atoms with Gasteiger partial charge in [-0.15, -0.1) is 16.6 Å². The van der Waals surface area contributed by atoms with E-state index >= 15 is 4.57 Å². The smallest absolute Gasteiger partial charge is 0.338 e. The maximum absolute atomic E-state index is 15.2. The number of halogens is 1. The highest BCUT2D eigenvalue weighted by molar-refractivity contribution is 7.99. The number of benzene rings is 5. The minimum Gasteiger partial charge on any atom is -0.481 e. The molecule has 74 heavy (non-hydrogen) atoms. The van der Waals surface area contributed by atoms with E-state index in [0.29, 0.717) is 86.1 Å². The second kappa shape index (κ2) is 22.8. The number of rotatable bonds is 18. The van der Waals surface area contributed by atoms with Crippen molar-refractivity contribution in [3.8, 4) is 22.4 Å². The van der Waals surface area contributed by atoms with E-state index in [1.165, 1.54) is 6.07 Å². The Bertz CT molecular complexity index is 3030. The molecule has 0 amide bonds. The molecule has 5 aromatic carbocycles. The number of thioether (sulfide) groups is 1. The van der Waals surface area contributed by atoms with Gasteiger partial charge < -0.3 is 40.0 Å². The second-order valence-corrected chi connectivity index (χ2v) is 24.1. The molecule has 3 fully saturated rings. The van der Waals surface area contributed by atoms with Crippen molar-refractivity contribution >= 4 is 70.6 Å². The number of carboxylic acids is 2. The van der Waals surface area contributed by atoms with Gasteiger partial charge in [0, 0.05) is 101 Å². The Balaban J connectivity index is 0.893. The largest absolute Gasteiger partial charge is 0.481 e. The molecule has 0 radical (unpaired) electrons. The molecule has 0 aliphatic carbocycles. The molecule has 18 heteroatoms. The normalized spacial score (nSPS) is 19.2. The zero-order chi connectivity index (χ0) is 52.3. The molecular formula is C56H63ClN7O8PS. The third-order valence-corrected chi connectivity index (χ3v) is 19.7. The summed E-state index contributed by atoms with van der Waals surface area (Å²) in [5.74, 6) is -1.45. The number of aromatic nitrogens is 1. The lowest BCUT2D eigenvalue weighted by Gasteiger charge is -2.37. The number of hydrogen-bond acceptors (Lipinski definition) is 11.